The van der Waals surface area contributed by atoms with Crippen LogP contribution < -0.4 is 5.32 Å². The minimum atomic E-state index is -0.900. The number of nitrogens with zero attached hydrogens (tertiary/aromatic N) is 2. The Labute approximate surface area is 163 Å². The smallest absolute Gasteiger partial charge is 0.259 e. The molecule has 0 radical (unpaired) electrons. The van der Waals surface area contributed by atoms with Crippen molar-refractivity contribution in [3.8, 4) is 0 Å². The maximum Gasteiger partial charge on any atom is 0.259 e. The molecule has 1 amide bonds. The van der Waals surface area contributed by atoms with E-state index >= 15 is 0 Å². The molecule has 0 saturated heterocycles. The SMILES string of the molecule is CN(C)C1CC=C(c2cccc(NC(=O)c3ccc(F)cc3F)n2)CC1.Cl. The Balaban J connectivity index is 0.00000261. The van der Waals surface area contributed by atoms with Crippen LogP contribution >= 0.6 is 12.4 Å². The first-order valence-electron chi connectivity index (χ1n) is 8.53. The van der Waals surface area contributed by atoms with Gasteiger partial charge in [-0.2, -0.15) is 0 Å². The zero-order valence-corrected chi connectivity index (χ0v) is 16.0. The Morgan fingerprint density at radius 3 is 2.63 bits per heavy atom. The van der Waals surface area contributed by atoms with E-state index in [0.717, 1.165) is 42.7 Å². The van der Waals surface area contributed by atoms with Gasteiger partial charge < -0.3 is 10.2 Å². The van der Waals surface area contributed by atoms with Gasteiger partial charge in [0, 0.05) is 12.1 Å². The van der Waals surface area contributed by atoms with Gasteiger partial charge in [-0.1, -0.05) is 12.1 Å². The molecule has 0 bridgehead atoms. The molecule has 4 nitrogen and oxygen atoms in total. The molecule has 1 aromatic carbocycles. The number of anilines is 1. The van der Waals surface area contributed by atoms with Crippen LogP contribution in [-0.2, 0) is 0 Å². The predicted molar refractivity (Wildman–Crippen MR) is 105 cm³/mol. The fourth-order valence-corrected chi connectivity index (χ4v) is 3.06. The quantitative estimate of drug-likeness (QED) is 0.829. The summed E-state index contributed by atoms with van der Waals surface area (Å²) in [5.74, 6) is -1.94. The highest BCUT2D eigenvalue weighted by Crippen LogP contribution is 2.28. The second kappa shape index (κ2) is 9.06. The van der Waals surface area contributed by atoms with E-state index in [1.807, 2.05) is 6.07 Å². The lowest BCUT2D eigenvalue weighted by molar-refractivity contribution is 0.102. The lowest BCUT2D eigenvalue weighted by Crippen LogP contribution is -2.29. The molecule has 0 fully saturated rings. The van der Waals surface area contributed by atoms with Gasteiger partial charge in [0.1, 0.15) is 17.5 Å². The number of allylic oxidation sites excluding steroid dienone is 1. The van der Waals surface area contributed by atoms with Gasteiger partial charge in [0.05, 0.1) is 11.3 Å². The van der Waals surface area contributed by atoms with Crippen LogP contribution in [0.5, 0.6) is 0 Å². The number of pyridine rings is 1. The third-order valence-corrected chi connectivity index (χ3v) is 4.61. The van der Waals surface area contributed by atoms with E-state index in [-0.39, 0.29) is 18.0 Å². The summed E-state index contributed by atoms with van der Waals surface area (Å²) >= 11 is 0. The molecule has 1 aromatic heterocycles. The Bertz CT molecular complexity index is 855. The van der Waals surface area contributed by atoms with Gasteiger partial charge in [0.25, 0.3) is 5.91 Å². The normalized spacial score (nSPS) is 16.5. The fourth-order valence-electron chi connectivity index (χ4n) is 3.06. The van der Waals surface area contributed by atoms with E-state index in [4.69, 9.17) is 0 Å². The summed E-state index contributed by atoms with van der Waals surface area (Å²) < 4.78 is 26.7. The summed E-state index contributed by atoms with van der Waals surface area (Å²) in [5, 5.41) is 2.58. The van der Waals surface area contributed by atoms with Crippen LogP contribution in [0.4, 0.5) is 14.6 Å². The molecule has 144 valence electrons. The minimum absolute atomic E-state index is 0. The van der Waals surface area contributed by atoms with Gasteiger partial charge >= 0.3 is 0 Å². The Morgan fingerprint density at radius 1 is 1.22 bits per heavy atom. The standard InChI is InChI=1S/C20H21F2N3O.ClH/c1-25(2)15-9-6-13(7-10-15)18-4-3-5-19(23-18)24-20(26)16-11-8-14(21)12-17(16)22;/h3-6,8,11-12,15H,7,9-10H2,1-2H3,(H,23,24,26);1H. The van der Waals surface area contributed by atoms with Crippen molar-refractivity contribution in [2.24, 2.45) is 0 Å². The number of carbonyl (C=O) groups is 1. The molecule has 0 spiro atoms. The Hall–Kier alpha value is -2.31. The second-order valence-electron chi connectivity index (χ2n) is 6.61. The fraction of sp³-hybridized carbons (Fsp3) is 0.300. The van der Waals surface area contributed by atoms with Gasteiger partial charge in [0.2, 0.25) is 0 Å². The maximum atomic E-state index is 13.7. The largest absolute Gasteiger partial charge is 0.306 e. The lowest BCUT2D eigenvalue weighted by atomic mass is 9.92. The molecule has 1 unspecified atom stereocenters. The molecular weight excluding hydrogens is 372 g/mol. The Morgan fingerprint density at radius 2 is 2.00 bits per heavy atom. The van der Waals surface area contributed by atoms with Crippen LogP contribution in [0.2, 0.25) is 0 Å². The van der Waals surface area contributed by atoms with E-state index < -0.39 is 17.5 Å². The van der Waals surface area contributed by atoms with Crippen molar-refractivity contribution < 1.29 is 13.6 Å². The predicted octanol–water partition coefficient (Wildman–Crippen LogP) is 4.53. The number of hydrogen-bond donors (Lipinski definition) is 1. The minimum Gasteiger partial charge on any atom is -0.306 e. The summed E-state index contributed by atoms with van der Waals surface area (Å²) in [6.45, 7) is 0. The highest BCUT2D eigenvalue weighted by Gasteiger charge is 2.18. The van der Waals surface area contributed by atoms with Crippen LogP contribution in [0.25, 0.3) is 5.57 Å². The molecule has 2 aromatic rings. The van der Waals surface area contributed by atoms with Crippen molar-refractivity contribution >= 4 is 29.7 Å². The van der Waals surface area contributed by atoms with E-state index in [0.29, 0.717) is 17.9 Å². The second-order valence-corrected chi connectivity index (χ2v) is 6.61. The van der Waals surface area contributed by atoms with Crippen LogP contribution in [0.15, 0.2) is 42.5 Å². The summed E-state index contributed by atoms with van der Waals surface area (Å²) in [7, 11) is 4.15. The first-order valence-corrected chi connectivity index (χ1v) is 8.53. The molecule has 1 heterocycles. The zero-order chi connectivity index (χ0) is 18.7. The third-order valence-electron chi connectivity index (χ3n) is 4.61. The molecule has 7 heteroatoms. The molecule has 1 aliphatic rings. The van der Waals surface area contributed by atoms with E-state index in [9.17, 15) is 13.6 Å². The highest BCUT2D eigenvalue weighted by molar-refractivity contribution is 6.04. The monoisotopic (exact) mass is 393 g/mol. The summed E-state index contributed by atoms with van der Waals surface area (Å²) in [4.78, 5) is 18.9. The van der Waals surface area contributed by atoms with E-state index in [2.05, 4.69) is 35.4 Å². The average molecular weight is 394 g/mol. The summed E-state index contributed by atoms with van der Waals surface area (Å²) in [5.41, 5.74) is 1.73. The van der Waals surface area contributed by atoms with Gasteiger partial charge in [0.15, 0.2) is 0 Å². The number of nitrogens with one attached hydrogen (secondary N) is 1. The van der Waals surface area contributed by atoms with Crippen LogP contribution in [0, 0.1) is 11.6 Å². The molecule has 1 aliphatic carbocycles. The molecule has 0 aliphatic heterocycles. The van der Waals surface area contributed by atoms with Crippen molar-refractivity contribution in [2.45, 2.75) is 25.3 Å². The third kappa shape index (κ3) is 5.11. The Kier molecular flexibility index (Phi) is 7.05. The summed E-state index contributed by atoms with van der Waals surface area (Å²) in [6.07, 6.45) is 5.11. The number of halogens is 3. The first-order chi connectivity index (χ1) is 12.4. The first kappa shape index (κ1) is 21.0. The molecule has 0 saturated carbocycles. The lowest BCUT2D eigenvalue weighted by Gasteiger charge is -2.27. The maximum absolute atomic E-state index is 13.7. The highest BCUT2D eigenvalue weighted by atomic mass is 35.5. The average Bonchev–Trinajstić information content (AvgIpc) is 2.62. The molecule has 3 rings (SSSR count). The molecule has 27 heavy (non-hydrogen) atoms. The number of amides is 1. The van der Waals surface area contributed by atoms with Crippen LogP contribution in [0.1, 0.15) is 35.3 Å². The van der Waals surface area contributed by atoms with Crippen molar-refractivity contribution in [1.29, 1.82) is 0 Å². The van der Waals surface area contributed by atoms with Gasteiger partial charge in [-0.15, -0.1) is 12.4 Å². The van der Waals surface area contributed by atoms with Crippen molar-refractivity contribution in [2.75, 3.05) is 19.4 Å². The molecule has 1 N–H and O–H groups in total. The van der Waals surface area contributed by atoms with Crippen molar-refractivity contribution in [3.05, 3.63) is 65.4 Å². The molecular formula is C20H22ClF2N3O. The number of benzene rings is 1. The topological polar surface area (TPSA) is 45.2 Å². The number of hydrogen-bond acceptors (Lipinski definition) is 3. The van der Waals surface area contributed by atoms with Crippen molar-refractivity contribution in [1.82, 2.24) is 9.88 Å². The number of carbonyl (C=O) groups excluding carboxylic acids is 1. The van der Waals surface area contributed by atoms with Crippen LogP contribution in [-0.4, -0.2) is 35.9 Å². The van der Waals surface area contributed by atoms with Crippen molar-refractivity contribution in [3.63, 3.8) is 0 Å². The molecule has 1 atom stereocenters. The van der Waals surface area contributed by atoms with Gasteiger partial charge in [-0.25, -0.2) is 13.8 Å². The summed E-state index contributed by atoms with van der Waals surface area (Å²) in [6, 6.07) is 8.74. The van der Waals surface area contributed by atoms with Gasteiger partial charge in [-0.3, -0.25) is 4.79 Å². The zero-order valence-electron chi connectivity index (χ0n) is 15.2. The van der Waals surface area contributed by atoms with E-state index in [1.54, 1.807) is 12.1 Å². The van der Waals surface area contributed by atoms with Crippen LogP contribution in [0.3, 0.4) is 0 Å². The van der Waals surface area contributed by atoms with Gasteiger partial charge in [-0.05, 0) is 63.2 Å². The van der Waals surface area contributed by atoms with E-state index in [1.165, 1.54) is 0 Å². The number of aromatic nitrogens is 1. The number of rotatable bonds is 4.